The van der Waals surface area contributed by atoms with Crippen molar-refractivity contribution in [2.45, 2.75) is 19.9 Å². The molecule has 2 aromatic carbocycles. The third-order valence-electron chi connectivity index (χ3n) is 3.99. The third-order valence-corrected chi connectivity index (χ3v) is 3.99. The van der Waals surface area contributed by atoms with Crippen LogP contribution >= 0.6 is 0 Å². The van der Waals surface area contributed by atoms with E-state index in [1.807, 2.05) is 43.1 Å². The van der Waals surface area contributed by atoms with Gasteiger partial charge in [-0.05, 0) is 49.4 Å². The molecule has 0 saturated heterocycles. The van der Waals surface area contributed by atoms with Gasteiger partial charge in [0.25, 0.3) is 0 Å². The number of hydrogen-bond donors (Lipinski definition) is 0. The number of benzene rings is 2. The van der Waals surface area contributed by atoms with Crippen LogP contribution in [0, 0.1) is 24.1 Å². The molecule has 2 aromatic rings. The van der Waals surface area contributed by atoms with Gasteiger partial charge in [0.05, 0.1) is 19.0 Å². The summed E-state index contributed by atoms with van der Waals surface area (Å²) in [5.74, 6) is -0.467. The number of hydrogen-bond acceptors (Lipinski definition) is 3. The van der Waals surface area contributed by atoms with Gasteiger partial charge in [-0.25, -0.2) is 4.39 Å². The molecule has 1 amide bonds. The highest BCUT2D eigenvalue weighted by Gasteiger charge is 2.17. The largest absolute Gasteiger partial charge is 0.310 e. The van der Waals surface area contributed by atoms with Crippen LogP contribution < -0.4 is 4.90 Å². The predicted molar refractivity (Wildman–Crippen MR) is 96.5 cm³/mol. The molecule has 130 valence electrons. The molecule has 0 radical (unpaired) electrons. The summed E-state index contributed by atoms with van der Waals surface area (Å²) in [7, 11) is 1.89. The van der Waals surface area contributed by atoms with Crippen molar-refractivity contribution < 1.29 is 9.18 Å². The number of carbonyl (C=O) groups is 1. The minimum absolute atomic E-state index is 0.113. The molecular formula is C20H22FN3O. The van der Waals surface area contributed by atoms with Gasteiger partial charge in [-0.3, -0.25) is 9.69 Å². The Hall–Kier alpha value is -2.71. The van der Waals surface area contributed by atoms with Crippen LogP contribution in [0.5, 0.6) is 0 Å². The number of carbonyl (C=O) groups excluding carboxylic acids is 1. The molecule has 0 saturated carbocycles. The maximum absolute atomic E-state index is 13.1. The minimum atomic E-state index is -0.354. The molecule has 0 N–H and O–H groups in total. The quantitative estimate of drug-likeness (QED) is 0.775. The lowest BCUT2D eigenvalue weighted by Gasteiger charge is -2.25. The molecular weight excluding hydrogens is 317 g/mol. The molecule has 25 heavy (non-hydrogen) atoms. The number of halogens is 1. The zero-order valence-electron chi connectivity index (χ0n) is 14.6. The third kappa shape index (κ3) is 5.40. The summed E-state index contributed by atoms with van der Waals surface area (Å²) in [6.45, 7) is 3.22. The standard InChI is InChI=1S/C20H22FN3O/c1-16-6-3-4-7-17(16)14-23(2)15-20(25)24(13-5-12-22)19-10-8-18(21)9-11-19/h3-4,6-11H,5,13-15H2,1-2H3. The highest BCUT2D eigenvalue weighted by Crippen LogP contribution is 2.16. The van der Waals surface area contributed by atoms with Crippen LogP contribution in [-0.2, 0) is 11.3 Å². The van der Waals surface area contributed by atoms with Crippen molar-refractivity contribution in [3.63, 3.8) is 0 Å². The SMILES string of the molecule is Cc1ccccc1CN(C)CC(=O)N(CCC#N)c1ccc(F)cc1. The number of likely N-dealkylation sites (N-methyl/N-ethyl adjacent to an activating group) is 1. The molecule has 0 atom stereocenters. The average Bonchev–Trinajstić information content (AvgIpc) is 2.58. The number of rotatable bonds is 7. The monoisotopic (exact) mass is 339 g/mol. The van der Waals surface area contributed by atoms with E-state index in [0.717, 1.165) is 0 Å². The summed E-state index contributed by atoms with van der Waals surface area (Å²) >= 11 is 0. The minimum Gasteiger partial charge on any atom is -0.310 e. The smallest absolute Gasteiger partial charge is 0.241 e. The van der Waals surface area contributed by atoms with Crippen LogP contribution in [0.2, 0.25) is 0 Å². The number of amides is 1. The zero-order chi connectivity index (χ0) is 18.2. The normalized spacial score (nSPS) is 10.5. The van der Waals surface area contributed by atoms with Gasteiger partial charge in [-0.2, -0.15) is 5.26 Å². The first-order valence-corrected chi connectivity index (χ1v) is 8.17. The van der Waals surface area contributed by atoms with E-state index in [2.05, 4.69) is 6.07 Å². The van der Waals surface area contributed by atoms with Crippen molar-refractivity contribution in [1.82, 2.24) is 4.90 Å². The maximum atomic E-state index is 13.1. The molecule has 0 bridgehead atoms. The van der Waals surface area contributed by atoms with E-state index >= 15 is 0 Å². The summed E-state index contributed by atoms with van der Waals surface area (Å²) in [4.78, 5) is 16.2. The Morgan fingerprint density at radius 2 is 1.84 bits per heavy atom. The highest BCUT2D eigenvalue weighted by atomic mass is 19.1. The summed E-state index contributed by atoms with van der Waals surface area (Å²) < 4.78 is 13.1. The molecule has 0 aliphatic carbocycles. The molecule has 5 heteroatoms. The van der Waals surface area contributed by atoms with Gasteiger partial charge >= 0.3 is 0 Å². The second-order valence-corrected chi connectivity index (χ2v) is 6.03. The topological polar surface area (TPSA) is 47.3 Å². The van der Waals surface area contributed by atoms with Gasteiger partial charge in [0.2, 0.25) is 5.91 Å². The molecule has 0 aliphatic rings. The molecule has 0 aliphatic heterocycles. The van der Waals surface area contributed by atoms with Crippen molar-refractivity contribution in [3.8, 4) is 6.07 Å². The van der Waals surface area contributed by atoms with Gasteiger partial charge in [0.15, 0.2) is 0 Å². The summed E-state index contributed by atoms with van der Waals surface area (Å²) in [5.41, 5.74) is 2.95. The van der Waals surface area contributed by atoms with Crippen LogP contribution in [0.1, 0.15) is 17.5 Å². The molecule has 4 nitrogen and oxygen atoms in total. The second-order valence-electron chi connectivity index (χ2n) is 6.03. The summed E-state index contributed by atoms with van der Waals surface area (Å²) in [5, 5.41) is 8.84. The first-order valence-electron chi connectivity index (χ1n) is 8.17. The van der Waals surface area contributed by atoms with Crippen molar-refractivity contribution in [2.75, 3.05) is 25.0 Å². The molecule has 0 aromatic heterocycles. The van der Waals surface area contributed by atoms with E-state index in [1.54, 1.807) is 12.1 Å². The first kappa shape index (κ1) is 18.6. The van der Waals surface area contributed by atoms with Gasteiger partial charge < -0.3 is 4.90 Å². The van der Waals surface area contributed by atoms with E-state index in [0.29, 0.717) is 18.8 Å². The van der Waals surface area contributed by atoms with Gasteiger partial charge in [-0.1, -0.05) is 24.3 Å². The molecule has 0 fully saturated rings. The van der Waals surface area contributed by atoms with Gasteiger partial charge in [0.1, 0.15) is 5.82 Å². The lowest BCUT2D eigenvalue weighted by atomic mass is 10.1. The fourth-order valence-electron chi connectivity index (χ4n) is 2.63. The fourth-order valence-corrected chi connectivity index (χ4v) is 2.63. The van der Waals surface area contributed by atoms with E-state index in [-0.39, 0.29) is 24.7 Å². The van der Waals surface area contributed by atoms with Gasteiger partial charge in [0, 0.05) is 18.8 Å². The molecule has 0 spiro atoms. The molecule has 0 heterocycles. The van der Waals surface area contributed by atoms with E-state index in [1.165, 1.54) is 28.2 Å². The van der Waals surface area contributed by atoms with Crippen LogP contribution in [-0.4, -0.2) is 30.9 Å². The lowest BCUT2D eigenvalue weighted by molar-refractivity contribution is -0.119. The van der Waals surface area contributed by atoms with E-state index in [9.17, 15) is 9.18 Å². The first-order chi connectivity index (χ1) is 12.0. The predicted octanol–water partition coefficient (Wildman–Crippen LogP) is 3.51. The van der Waals surface area contributed by atoms with Crippen molar-refractivity contribution in [3.05, 3.63) is 65.5 Å². The Kier molecular flexibility index (Phi) is 6.67. The number of aryl methyl sites for hydroxylation is 1. The van der Waals surface area contributed by atoms with E-state index < -0.39 is 0 Å². The second kappa shape index (κ2) is 8.95. The average molecular weight is 339 g/mol. The zero-order valence-corrected chi connectivity index (χ0v) is 14.6. The summed E-state index contributed by atoms with van der Waals surface area (Å²) in [6.07, 6.45) is 0.227. The van der Waals surface area contributed by atoms with Crippen molar-refractivity contribution >= 4 is 11.6 Å². The van der Waals surface area contributed by atoms with Gasteiger partial charge in [-0.15, -0.1) is 0 Å². The Bertz CT molecular complexity index is 752. The Labute approximate surface area is 148 Å². The number of nitrogens with zero attached hydrogens (tertiary/aromatic N) is 3. The van der Waals surface area contributed by atoms with Crippen LogP contribution in [0.4, 0.5) is 10.1 Å². The fraction of sp³-hybridized carbons (Fsp3) is 0.300. The van der Waals surface area contributed by atoms with Crippen molar-refractivity contribution in [1.29, 1.82) is 5.26 Å². The Morgan fingerprint density at radius 1 is 1.16 bits per heavy atom. The molecule has 0 unspecified atom stereocenters. The van der Waals surface area contributed by atoms with Crippen LogP contribution in [0.3, 0.4) is 0 Å². The number of nitriles is 1. The Morgan fingerprint density at radius 3 is 2.48 bits per heavy atom. The van der Waals surface area contributed by atoms with Crippen LogP contribution in [0.15, 0.2) is 48.5 Å². The maximum Gasteiger partial charge on any atom is 0.241 e. The lowest BCUT2D eigenvalue weighted by Crippen LogP contribution is -2.39. The van der Waals surface area contributed by atoms with E-state index in [4.69, 9.17) is 5.26 Å². The Balaban J connectivity index is 2.07. The summed E-state index contributed by atoms with van der Waals surface area (Å²) in [6, 6.07) is 15.9. The van der Waals surface area contributed by atoms with Crippen molar-refractivity contribution in [2.24, 2.45) is 0 Å². The highest BCUT2D eigenvalue weighted by molar-refractivity contribution is 5.94. The van der Waals surface area contributed by atoms with Crippen LogP contribution in [0.25, 0.3) is 0 Å². The number of anilines is 1. The molecule has 2 rings (SSSR count).